The van der Waals surface area contributed by atoms with E-state index in [0.717, 1.165) is 32.7 Å². The van der Waals surface area contributed by atoms with Gasteiger partial charge in [0.2, 0.25) is 0 Å². The predicted octanol–water partition coefficient (Wildman–Crippen LogP) is 2.22. The molecule has 1 rings (SSSR count). The molecule has 0 unspecified atom stereocenters. The first-order valence-corrected chi connectivity index (χ1v) is 5.99. The van der Waals surface area contributed by atoms with Crippen LogP contribution in [-0.2, 0) is 4.74 Å². The Hall–Kier alpha value is -1.13. The molecular formula is C13H20FNO2. The van der Waals surface area contributed by atoms with Crippen molar-refractivity contribution in [1.29, 1.82) is 0 Å². The molecule has 0 amide bonds. The van der Waals surface area contributed by atoms with Crippen LogP contribution in [0.4, 0.5) is 4.39 Å². The Morgan fingerprint density at radius 3 is 2.88 bits per heavy atom. The molecular weight excluding hydrogens is 221 g/mol. The van der Waals surface area contributed by atoms with Crippen molar-refractivity contribution in [3.05, 3.63) is 30.1 Å². The minimum atomic E-state index is -0.271. The highest BCUT2D eigenvalue weighted by Crippen LogP contribution is 2.11. The molecule has 0 aromatic heterocycles. The summed E-state index contributed by atoms with van der Waals surface area (Å²) >= 11 is 0. The van der Waals surface area contributed by atoms with Gasteiger partial charge in [-0.3, -0.25) is 0 Å². The highest BCUT2D eigenvalue weighted by molar-refractivity contribution is 5.22. The van der Waals surface area contributed by atoms with Gasteiger partial charge in [-0.1, -0.05) is 6.07 Å². The quantitative estimate of drug-likeness (QED) is 0.672. The zero-order chi connectivity index (χ0) is 12.3. The highest BCUT2D eigenvalue weighted by Gasteiger charge is 1.95. The van der Waals surface area contributed by atoms with E-state index in [-0.39, 0.29) is 5.82 Å². The fourth-order valence-electron chi connectivity index (χ4n) is 1.37. The van der Waals surface area contributed by atoms with Crippen LogP contribution in [0.3, 0.4) is 0 Å². The molecule has 0 spiro atoms. The molecule has 0 aliphatic rings. The Bertz CT molecular complexity index is 307. The average Bonchev–Trinajstić information content (AvgIpc) is 2.33. The third-order valence-corrected chi connectivity index (χ3v) is 2.19. The molecule has 0 heterocycles. The Morgan fingerprint density at radius 1 is 1.24 bits per heavy atom. The third kappa shape index (κ3) is 6.92. The van der Waals surface area contributed by atoms with Crippen molar-refractivity contribution in [2.75, 3.05) is 32.9 Å². The molecule has 17 heavy (non-hydrogen) atoms. The normalized spacial score (nSPS) is 10.5. The van der Waals surface area contributed by atoms with Gasteiger partial charge < -0.3 is 14.8 Å². The number of rotatable bonds is 9. The largest absolute Gasteiger partial charge is 0.492 e. The van der Waals surface area contributed by atoms with E-state index in [0.29, 0.717) is 12.4 Å². The summed E-state index contributed by atoms with van der Waals surface area (Å²) in [5.41, 5.74) is 0. The second-order valence-electron chi connectivity index (χ2n) is 3.61. The summed E-state index contributed by atoms with van der Waals surface area (Å²) in [6.07, 6.45) is 0.994. The van der Waals surface area contributed by atoms with E-state index in [2.05, 4.69) is 5.32 Å². The van der Waals surface area contributed by atoms with Crippen molar-refractivity contribution < 1.29 is 13.9 Å². The minimum absolute atomic E-state index is 0.271. The highest BCUT2D eigenvalue weighted by atomic mass is 19.1. The zero-order valence-electron chi connectivity index (χ0n) is 10.2. The summed E-state index contributed by atoms with van der Waals surface area (Å²) < 4.78 is 23.4. The number of halogens is 1. The Labute approximate surface area is 102 Å². The molecule has 3 nitrogen and oxygen atoms in total. The number of hydrogen-bond acceptors (Lipinski definition) is 3. The second-order valence-corrected chi connectivity index (χ2v) is 3.61. The maximum absolute atomic E-state index is 12.8. The Morgan fingerprint density at radius 2 is 2.12 bits per heavy atom. The average molecular weight is 241 g/mol. The molecule has 0 atom stereocenters. The van der Waals surface area contributed by atoms with E-state index in [1.165, 1.54) is 12.1 Å². The summed E-state index contributed by atoms with van der Waals surface area (Å²) in [4.78, 5) is 0. The first kappa shape index (κ1) is 13.9. The monoisotopic (exact) mass is 241 g/mol. The standard InChI is InChI=1S/C13H20FNO2/c1-2-16-9-4-7-15-8-10-17-13-6-3-5-12(14)11-13/h3,5-6,11,15H,2,4,7-10H2,1H3. The lowest BCUT2D eigenvalue weighted by atomic mass is 10.3. The first-order chi connectivity index (χ1) is 8.33. The van der Waals surface area contributed by atoms with Gasteiger partial charge in [0.1, 0.15) is 18.2 Å². The van der Waals surface area contributed by atoms with E-state index in [4.69, 9.17) is 9.47 Å². The van der Waals surface area contributed by atoms with Crippen LogP contribution in [0.15, 0.2) is 24.3 Å². The smallest absolute Gasteiger partial charge is 0.126 e. The molecule has 1 aromatic rings. The molecule has 0 aliphatic carbocycles. The SMILES string of the molecule is CCOCCCNCCOc1cccc(F)c1. The van der Waals surface area contributed by atoms with Crippen molar-refractivity contribution in [3.63, 3.8) is 0 Å². The van der Waals surface area contributed by atoms with Crippen LogP contribution in [0.2, 0.25) is 0 Å². The van der Waals surface area contributed by atoms with Crippen LogP contribution in [0.5, 0.6) is 5.75 Å². The molecule has 4 heteroatoms. The lowest BCUT2D eigenvalue weighted by molar-refractivity contribution is 0.144. The van der Waals surface area contributed by atoms with Crippen LogP contribution >= 0.6 is 0 Å². The van der Waals surface area contributed by atoms with Gasteiger partial charge in [-0.15, -0.1) is 0 Å². The first-order valence-electron chi connectivity index (χ1n) is 5.99. The van der Waals surface area contributed by atoms with Crippen LogP contribution in [0.25, 0.3) is 0 Å². The second kappa shape index (κ2) is 8.96. The molecule has 96 valence electrons. The molecule has 0 bridgehead atoms. The number of nitrogens with one attached hydrogen (secondary N) is 1. The third-order valence-electron chi connectivity index (χ3n) is 2.19. The zero-order valence-corrected chi connectivity index (χ0v) is 10.2. The maximum atomic E-state index is 12.8. The van der Waals surface area contributed by atoms with E-state index in [9.17, 15) is 4.39 Å². The summed E-state index contributed by atoms with van der Waals surface area (Å²) in [7, 11) is 0. The fourth-order valence-corrected chi connectivity index (χ4v) is 1.37. The molecule has 0 saturated heterocycles. The van der Waals surface area contributed by atoms with Crippen LogP contribution in [-0.4, -0.2) is 32.9 Å². The van der Waals surface area contributed by atoms with Gasteiger partial charge in [0.15, 0.2) is 0 Å². The van der Waals surface area contributed by atoms with Gasteiger partial charge in [-0.05, 0) is 32.0 Å². The van der Waals surface area contributed by atoms with Crippen LogP contribution in [0, 0.1) is 5.82 Å². The number of ether oxygens (including phenoxy) is 2. The molecule has 1 N–H and O–H groups in total. The van der Waals surface area contributed by atoms with Gasteiger partial charge in [0.05, 0.1) is 0 Å². The Balaban J connectivity index is 1.97. The van der Waals surface area contributed by atoms with Gasteiger partial charge in [-0.25, -0.2) is 4.39 Å². The topological polar surface area (TPSA) is 30.5 Å². The fraction of sp³-hybridized carbons (Fsp3) is 0.538. The van der Waals surface area contributed by atoms with Crippen molar-refractivity contribution in [1.82, 2.24) is 5.32 Å². The van der Waals surface area contributed by atoms with Crippen molar-refractivity contribution in [2.24, 2.45) is 0 Å². The van der Waals surface area contributed by atoms with Gasteiger partial charge in [-0.2, -0.15) is 0 Å². The summed E-state index contributed by atoms with van der Waals surface area (Å²) in [5.74, 6) is 0.299. The van der Waals surface area contributed by atoms with Gasteiger partial charge in [0.25, 0.3) is 0 Å². The summed E-state index contributed by atoms with van der Waals surface area (Å²) in [5, 5.41) is 3.23. The van der Waals surface area contributed by atoms with E-state index in [1.54, 1.807) is 12.1 Å². The molecule has 0 aliphatic heterocycles. The van der Waals surface area contributed by atoms with Crippen LogP contribution in [0.1, 0.15) is 13.3 Å². The maximum Gasteiger partial charge on any atom is 0.126 e. The Kier molecular flexibility index (Phi) is 7.34. The molecule has 0 fully saturated rings. The lowest BCUT2D eigenvalue weighted by Gasteiger charge is -2.07. The van der Waals surface area contributed by atoms with Crippen molar-refractivity contribution >= 4 is 0 Å². The van der Waals surface area contributed by atoms with Gasteiger partial charge >= 0.3 is 0 Å². The van der Waals surface area contributed by atoms with Crippen LogP contribution < -0.4 is 10.1 Å². The number of benzene rings is 1. The molecule has 0 saturated carbocycles. The predicted molar refractivity (Wildman–Crippen MR) is 65.9 cm³/mol. The molecule has 0 radical (unpaired) electrons. The summed E-state index contributed by atoms with van der Waals surface area (Å²) in [6, 6.07) is 6.17. The summed E-state index contributed by atoms with van der Waals surface area (Å²) in [6.45, 7) is 5.74. The van der Waals surface area contributed by atoms with Gasteiger partial charge in [0, 0.05) is 25.8 Å². The van der Waals surface area contributed by atoms with E-state index >= 15 is 0 Å². The van der Waals surface area contributed by atoms with Crippen molar-refractivity contribution in [3.8, 4) is 5.75 Å². The minimum Gasteiger partial charge on any atom is -0.492 e. The lowest BCUT2D eigenvalue weighted by Crippen LogP contribution is -2.23. The van der Waals surface area contributed by atoms with E-state index < -0.39 is 0 Å². The van der Waals surface area contributed by atoms with Crippen molar-refractivity contribution in [2.45, 2.75) is 13.3 Å². The number of hydrogen-bond donors (Lipinski definition) is 1. The molecule has 1 aromatic carbocycles. The van der Waals surface area contributed by atoms with E-state index in [1.807, 2.05) is 6.92 Å².